The van der Waals surface area contributed by atoms with Gasteiger partial charge in [0, 0.05) is 28.5 Å². The van der Waals surface area contributed by atoms with Crippen molar-refractivity contribution >= 4 is 23.2 Å². The van der Waals surface area contributed by atoms with E-state index in [0.29, 0.717) is 35.8 Å². The highest BCUT2D eigenvalue weighted by Crippen LogP contribution is 2.34. The molecule has 0 amide bonds. The number of carbonyl (C=O) groups excluding carboxylic acids is 1. The number of carbonyl (C=O) groups is 1. The van der Waals surface area contributed by atoms with Crippen molar-refractivity contribution < 1.29 is 19.2 Å². The first-order chi connectivity index (χ1) is 12.0. The molecule has 0 aromatic heterocycles. The van der Waals surface area contributed by atoms with Crippen LogP contribution in [0.2, 0.25) is 0 Å². The minimum Gasteiger partial charge on any atom is -0.490 e. The Labute approximate surface area is 149 Å². The SMILES string of the molecule is Cc1ccc(C(=O)CSc2ccc3c(c2)OCCCO3)cc1[N+](=O)[O-]. The van der Waals surface area contributed by atoms with Gasteiger partial charge >= 0.3 is 0 Å². The van der Waals surface area contributed by atoms with Gasteiger partial charge < -0.3 is 9.47 Å². The van der Waals surface area contributed by atoms with Gasteiger partial charge in [-0.2, -0.15) is 0 Å². The lowest BCUT2D eigenvalue weighted by atomic mass is 10.1. The zero-order valence-corrected chi connectivity index (χ0v) is 14.5. The molecule has 130 valence electrons. The van der Waals surface area contributed by atoms with Gasteiger partial charge in [-0.3, -0.25) is 14.9 Å². The molecule has 1 heterocycles. The normalized spacial score (nSPS) is 13.2. The Morgan fingerprint density at radius 1 is 1.16 bits per heavy atom. The molecule has 0 spiro atoms. The molecule has 0 saturated carbocycles. The Morgan fingerprint density at radius 3 is 2.68 bits per heavy atom. The lowest BCUT2D eigenvalue weighted by molar-refractivity contribution is -0.385. The standard InChI is InChI=1S/C18H17NO5S/c1-12-3-4-13(9-15(12)19(21)22)16(20)11-25-14-5-6-17-18(10-14)24-8-2-7-23-17/h3-6,9-10H,2,7-8,11H2,1H3. The number of nitro groups is 1. The number of Topliss-reactive ketones (excluding diaryl/α,β-unsaturated/α-hetero) is 1. The molecule has 0 saturated heterocycles. The zero-order chi connectivity index (χ0) is 17.8. The number of aryl methyl sites for hydroxylation is 1. The molecule has 0 radical (unpaired) electrons. The van der Waals surface area contributed by atoms with Crippen LogP contribution in [0.15, 0.2) is 41.3 Å². The van der Waals surface area contributed by atoms with Crippen LogP contribution in [0.4, 0.5) is 5.69 Å². The van der Waals surface area contributed by atoms with E-state index in [1.54, 1.807) is 19.1 Å². The molecule has 3 rings (SSSR count). The van der Waals surface area contributed by atoms with Crippen molar-refractivity contribution in [3.63, 3.8) is 0 Å². The number of fused-ring (bicyclic) bond motifs is 1. The van der Waals surface area contributed by atoms with Gasteiger partial charge in [-0.05, 0) is 25.1 Å². The first kappa shape index (κ1) is 17.3. The van der Waals surface area contributed by atoms with E-state index in [4.69, 9.17) is 9.47 Å². The third kappa shape index (κ3) is 4.11. The van der Waals surface area contributed by atoms with E-state index in [-0.39, 0.29) is 17.2 Å². The van der Waals surface area contributed by atoms with E-state index in [1.807, 2.05) is 18.2 Å². The zero-order valence-electron chi connectivity index (χ0n) is 13.7. The number of hydrogen-bond donors (Lipinski definition) is 0. The van der Waals surface area contributed by atoms with Crippen LogP contribution in [0.1, 0.15) is 22.3 Å². The monoisotopic (exact) mass is 359 g/mol. The summed E-state index contributed by atoms with van der Waals surface area (Å²) in [5.74, 6) is 1.43. The lowest BCUT2D eigenvalue weighted by Crippen LogP contribution is -2.04. The lowest BCUT2D eigenvalue weighted by Gasteiger charge is -2.09. The molecule has 7 heteroatoms. The van der Waals surface area contributed by atoms with Crippen LogP contribution in [0.5, 0.6) is 11.5 Å². The van der Waals surface area contributed by atoms with Crippen LogP contribution in [0, 0.1) is 17.0 Å². The quantitative estimate of drug-likeness (QED) is 0.347. The van der Waals surface area contributed by atoms with Crippen LogP contribution in [0.25, 0.3) is 0 Å². The summed E-state index contributed by atoms with van der Waals surface area (Å²) in [5, 5.41) is 11.0. The largest absolute Gasteiger partial charge is 0.490 e. The van der Waals surface area contributed by atoms with E-state index in [2.05, 4.69) is 0 Å². The molecule has 25 heavy (non-hydrogen) atoms. The van der Waals surface area contributed by atoms with Crippen molar-refractivity contribution in [2.75, 3.05) is 19.0 Å². The van der Waals surface area contributed by atoms with Gasteiger partial charge in [0.2, 0.25) is 0 Å². The smallest absolute Gasteiger partial charge is 0.273 e. The second kappa shape index (κ2) is 7.57. The first-order valence-corrected chi connectivity index (χ1v) is 8.84. The third-order valence-corrected chi connectivity index (χ3v) is 4.81. The second-order valence-corrected chi connectivity index (χ2v) is 6.68. The predicted octanol–water partition coefficient (Wildman–Crippen LogP) is 4.04. The van der Waals surface area contributed by atoms with Crippen molar-refractivity contribution in [2.45, 2.75) is 18.2 Å². The van der Waals surface area contributed by atoms with Crippen LogP contribution >= 0.6 is 11.8 Å². The van der Waals surface area contributed by atoms with E-state index >= 15 is 0 Å². The number of rotatable bonds is 5. The molecule has 0 unspecified atom stereocenters. The maximum absolute atomic E-state index is 12.3. The van der Waals surface area contributed by atoms with Crippen molar-refractivity contribution in [1.29, 1.82) is 0 Å². The predicted molar refractivity (Wildman–Crippen MR) is 94.9 cm³/mol. The third-order valence-electron chi connectivity index (χ3n) is 3.82. The van der Waals surface area contributed by atoms with Crippen LogP contribution < -0.4 is 9.47 Å². The number of ketones is 1. The summed E-state index contributed by atoms with van der Waals surface area (Å²) in [6, 6.07) is 10.1. The summed E-state index contributed by atoms with van der Waals surface area (Å²) in [5.41, 5.74) is 0.850. The summed E-state index contributed by atoms with van der Waals surface area (Å²) in [7, 11) is 0. The number of benzene rings is 2. The van der Waals surface area contributed by atoms with Crippen LogP contribution in [0.3, 0.4) is 0 Å². The Morgan fingerprint density at radius 2 is 1.92 bits per heavy atom. The van der Waals surface area contributed by atoms with E-state index in [1.165, 1.54) is 17.8 Å². The molecule has 0 bridgehead atoms. The van der Waals surface area contributed by atoms with E-state index in [0.717, 1.165) is 11.3 Å². The topological polar surface area (TPSA) is 78.7 Å². The van der Waals surface area contributed by atoms with Crippen molar-refractivity contribution in [1.82, 2.24) is 0 Å². The maximum Gasteiger partial charge on any atom is 0.273 e. The molecule has 6 nitrogen and oxygen atoms in total. The molecule has 0 aliphatic carbocycles. The number of thioether (sulfide) groups is 1. The number of hydrogen-bond acceptors (Lipinski definition) is 6. The van der Waals surface area contributed by atoms with Crippen LogP contribution in [-0.4, -0.2) is 29.7 Å². The fraction of sp³-hybridized carbons (Fsp3) is 0.278. The van der Waals surface area contributed by atoms with E-state index < -0.39 is 4.92 Å². The molecule has 0 atom stereocenters. The average Bonchev–Trinajstić information content (AvgIpc) is 2.84. The van der Waals surface area contributed by atoms with Crippen LogP contribution in [-0.2, 0) is 0 Å². The molecule has 2 aromatic carbocycles. The highest BCUT2D eigenvalue weighted by atomic mass is 32.2. The summed E-state index contributed by atoms with van der Waals surface area (Å²) in [6.07, 6.45) is 0.835. The van der Waals surface area contributed by atoms with Gasteiger partial charge in [0.15, 0.2) is 17.3 Å². The number of nitro benzene ring substituents is 1. The molecule has 0 N–H and O–H groups in total. The van der Waals surface area contributed by atoms with Gasteiger partial charge in [0.05, 0.1) is 23.9 Å². The summed E-state index contributed by atoms with van der Waals surface area (Å²) in [4.78, 5) is 23.8. The minimum absolute atomic E-state index is 0.0357. The van der Waals surface area contributed by atoms with Gasteiger partial charge in [-0.25, -0.2) is 0 Å². The summed E-state index contributed by atoms with van der Waals surface area (Å²) in [6.45, 7) is 2.89. The van der Waals surface area contributed by atoms with Crippen molar-refractivity contribution in [2.24, 2.45) is 0 Å². The number of nitrogens with zero attached hydrogens (tertiary/aromatic N) is 1. The first-order valence-electron chi connectivity index (χ1n) is 7.85. The summed E-state index contributed by atoms with van der Waals surface area (Å²) >= 11 is 1.37. The molecular weight excluding hydrogens is 342 g/mol. The Bertz CT molecular complexity index is 821. The summed E-state index contributed by atoms with van der Waals surface area (Å²) < 4.78 is 11.2. The van der Waals surface area contributed by atoms with Crippen molar-refractivity contribution in [3.05, 3.63) is 57.6 Å². The van der Waals surface area contributed by atoms with Gasteiger partial charge in [0.1, 0.15) is 0 Å². The Hall–Kier alpha value is -2.54. The fourth-order valence-corrected chi connectivity index (χ4v) is 3.26. The molecule has 1 aliphatic rings. The van der Waals surface area contributed by atoms with Crippen molar-refractivity contribution in [3.8, 4) is 11.5 Å². The van der Waals surface area contributed by atoms with Gasteiger partial charge in [-0.15, -0.1) is 11.8 Å². The highest BCUT2D eigenvalue weighted by Gasteiger charge is 2.16. The molecule has 2 aromatic rings. The van der Waals surface area contributed by atoms with E-state index in [9.17, 15) is 14.9 Å². The maximum atomic E-state index is 12.3. The Balaban J connectivity index is 1.69. The second-order valence-electron chi connectivity index (χ2n) is 5.63. The minimum atomic E-state index is -0.469. The highest BCUT2D eigenvalue weighted by molar-refractivity contribution is 8.00. The Kier molecular flexibility index (Phi) is 5.23. The molecule has 0 fully saturated rings. The average molecular weight is 359 g/mol. The molecule has 1 aliphatic heterocycles. The molecular formula is C18H17NO5S. The fourth-order valence-electron chi connectivity index (χ4n) is 2.45. The van der Waals surface area contributed by atoms with Gasteiger partial charge in [0.25, 0.3) is 5.69 Å². The van der Waals surface area contributed by atoms with Gasteiger partial charge in [-0.1, -0.05) is 12.1 Å². The number of ether oxygens (including phenoxy) is 2.